The maximum atomic E-state index is 14.3. The van der Waals surface area contributed by atoms with Crippen molar-refractivity contribution >= 4 is 5.78 Å². The third-order valence-corrected chi connectivity index (χ3v) is 14.2. The van der Waals surface area contributed by atoms with Gasteiger partial charge in [0, 0.05) is 51.6 Å². The average molecular weight is 797 g/mol. The van der Waals surface area contributed by atoms with Crippen molar-refractivity contribution in [1.82, 2.24) is 0 Å². The predicted molar refractivity (Wildman–Crippen MR) is 196 cm³/mol. The molecule has 6 bridgehead atoms. The van der Waals surface area contributed by atoms with Gasteiger partial charge < -0.3 is 52.8 Å². The molecule has 0 radical (unpaired) electrons. The van der Waals surface area contributed by atoms with Crippen LogP contribution >= 0.6 is 0 Å². The molecule has 9 aliphatic rings. The Morgan fingerprint density at radius 2 is 1.68 bits per heavy atom. The number of carbonyl (C=O) groups is 1. The molecule has 9 saturated heterocycles. The summed E-state index contributed by atoms with van der Waals surface area (Å²) in [5.41, 5.74) is 2.04. The third kappa shape index (κ3) is 7.84. The summed E-state index contributed by atoms with van der Waals surface area (Å²) >= 11 is 0. The molecule has 19 atom stereocenters. The second-order valence-corrected chi connectivity index (χ2v) is 18.0. The molecule has 316 valence electrons. The summed E-state index contributed by atoms with van der Waals surface area (Å²) in [5.74, 6) is -4.89. The molecule has 0 aromatic carbocycles. The number of aliphatic hydroxyl groups is 2. The fourth-order valence-corrected chi connectivity index (χ4v) is 11.0. The first-order valence-electron chi connectivity index (χ1n) is 21.1. The molecular weight excluding hydrogens is 734 g/mol. The highest BCUT2D eigenvalue weighted by atomic mass is 19.3. The fourth-order valence-electron chi connectivity index (χ4n) is 11.0. The summed E-state index contributed by atoms with van der Waals surface area (Å²) in [6, 6.07) is 0. The van der Waals surface area contributed by atoms with Gasteiger partial charge in [0.05, 0.1) is 61.0 Å². The van der Waals surface area contributed by atoms with Crippen LogP contribution in [0.3, 0.4) is 0 Å². The highest BCUT2D eigenvalue weighted by molar-refractivity contribution is 5.79. The number of hydrogen-bond donors (Lipinski definition) is 2. The van der Waals surface area contributed by atoms with Crippen LogP contribution in [0.1, 0.15) is 97.8 Å². The Bertz CT molecular complexity index is 1460. The standard InChI is InChI=1S/C42H62F2O12/c1-7-25-12-20(2)22(4)30(50-25)16-31-28(35(48-6)32(52-31)17-34(47)42(43,44)19-45)15-24(46)14-26-8-9-29-36(51-26)40-39-38(53-29)37-33(54-39)18-41(55-37,56-40)11-10-27-13-21(3)23(5)49-27/h20,23,25-40,45,47H,3-4,7-19H2,1-2,5-6H3. The molecule has 0 saturated carbocycles. The number of alkyl halides is 2. The van der Waals surface area contributed by atoms with Crippen LogP contribution in [0.2, 0.25) is 0 Å². The fraction of sp³-hybridized carbons (Fsp3) is 0.881. The minimum atomic E-state index is -3.72. The predicted octanol–water partition coefficient (Wildman–Crippen LogP) is 4.74. The molecule has 0 spiro atoms. The van der Waals surface area contributed by atoms with Gasteiger partial charge in [0.25, 0.3) is 5.92 Å². The number of aliphatic hydroxyl groups excluding tert-OH is 2. The molecule has 2 N–H and O–H groups in total. The average Bonchev–Trinajstić information content (AvgIpc) is 3.83. The Kier molecular flexibility index (Phi) is 12.0. The van der Waals surface area contributed by atoms with E-state index >= 15 is 0 Å². The normalized spacial score (nSPS) is 47.7. The van der Waals surface area contributed by atoms with Crippen LogP contribution in [0.4, 0.5) is 8.78 Å². The summed E-state index contributed by atoms with van der Waals surface area (Å²) in [4.78, 5) is 14.1. The van der Waals surface area contributed by atoms with E-state index in [0.717, 1.165) is 36.8 Å². The Hall–Kier alpha value is -1.43. The number of carbonyl (C=O) groups excluding carboxylic acids is 1. The first-order chi connectivity index (χ1) is 26.7. The molecule has 9 fully saturated rings. The molecule has 0 aromatic rings. The first kappa shape index (κ1) is 41.3. The van der Waals surface area contributed by atoms with Gasteiger partial charge in [-0.3, -0.25) is 4.79 Å². The van der Waals surface area contributed by atoms with E-state index in [1.807, 2.05) is 6.92 Å². The van der Waals surface area contributed by atoms with Crippen molar-refractivity contribution in [3.63, 3.8) is 0 Å². The van der Waals surface area contributed by atoms with Gasteiger partial charge in [-0.25, -0.2) is 8.78 Å². The maximum absolute atomic E-state index is 14.3. The van der Waals surface area contributed by atoms with Gasteiger partial charge in [-0.15, -0.1) is 0 Å². The van der Waals surface area contributed by atoms with Gasteiger partial charge in [-0.1, -0.05) is 27.0 Å². The largest absolute Gasteiger partial charge is 0.390 e. The first-order valence-corrected chi connectivity index (χ1v) is 21.1. The number of fused-ring (bicyclic) bond motifs is 1. The molecule has 9 rings (SSSR count). The number of Topliss-reactive ketones (excluding diaryl/α,β-unsaturated/α-hetero) is 1. The van der Waals surface area contributed by atoms with E-state index in [4.69, 9.17) is 42.6 Å². The van der Waals surface area contributed by atoms with Crippen LogP contribution in [0.5, 0.6) is 0 Å². The Morgan fingerprint density at radius 3 is 2.39 bits per heavy atom. The lowest BCUT2D eigenvalue weighted by molar-refractivity contribution is -0.292. The van der Waals surface area contributed by atoms with Gasteiger partial charge in [0.2, 0.25) is 0 Å². The van der Waals surface area contributed by atoms with Crippen molar-refractivity contribution in [2.24, 2.45) is 11.8 Å². The van der Waals surface area contributed by atoms with Crippen LogP contribution in [0, 0.1) is 11.8 Å². The summed E-state index contributed by atoms with van der Waals surface area (Å²) in [6.07, 6.45) is -1.01. The van der Waals surface area contributed by atoms with E-state index < -0.39 is 73.4 Å². The van der Waals surface area contributed by atoms with E-state index in [1.165, 1.54) is 7.11 Å². The highest BCUT2D eigenvalue weighted by Crippen LogP contribution is 2.54. The summed E-state index contributed by atoms with van der Waals surface area (Å²) < 4.78 is 87.0. The second-order valence-electron chi connectivity index (χ2n) is 18.0. The maximum Gasteiger partial charge on any atom is 0.296 e. The van der Waals surface area contributed by atoms with Crippen molar-refractivity contribution < 1.29 is 66.4 Å². The number of halogens is 2. The van der Waals surface area contributed by atoms with E-state index in [-0.39, 0.29) is 79.5 Å². The topological polar surface area (TPSA) is 141 Å². The zero-order valence-electron chi connectivity index (χ0n) is 33.2. The number of ether oxygens (including phenoxy) is 9. The van der Waals surface area contributed by atoms with Crippen molar-refractivity contribution in [2.45, 2.75) is 207 Å². The van der Waals surface area contributed by atoms with Crippen molar-refractivity contribution in [1.29, 1.82) is 0 Å². The molecule has 12 nitrogen and oxygen atoms in total. The van der Waals surface area contributed by atoms with Crippen LogP contribution in [-0.2, 0) is 47.4 Å². The zero-order valence-corrected chi connectivity index (χ0v) is 33.2. The second kappa shape index (κ2) is 16.2. The lowest BCUT2D eigenvalue weighted by Crippen LogP contribution is -2.61. The summed E-state index contributed by atoms with van der Waals surface area (Å²) in [6.45, 7) is 13.2. The monoisotopic (exact) mass is 796 g/mol. The van der Waals surface area contributed by atoms with E-state index in [1.54, 1.807) is 0 Å². The quantitative estimate of drug-likeness (QED) is 0.221. The molecule has 9 heterocycles. The molecule has 0 aromatic heterocycles. The summed E-state index contributed by atoms with van der Waals surface area (Å²) in [5, 5.41) is 19.7. The van der Waals surface area contributed by atoms with Crippen molar-refractivity contribution in [2.75, 3.05) is 13.7 Å². The molecule has 9 aliphatic heterocycles. The lowest BCUT2D eigenvalue weighted by atomic mass is 9.81. The van der Waals surface area contributed by atoms with Gasteiger partial charge in [0.15, 0.2) is 5.79 Å². The van der Waals surface area contributed by atoms with E-state index in [2.05, 4.69) is 27.0 Å². The van der Waals surface area contributed by atoms with Gasteiger partial charge in [-0.2, -0.15) is 0 Å². The van der Waals surface area contributed by atoms with Crippen LogP contribution in [0.15, 0.2) is 24.3 Å². The Labute approximate surface area is 328 Å². The Morgan fingerprint density at radius 1 is 0.929 bits per heavy atom. The highest BCUT2D eigenvalue weighted by Gasteiger charge is 2.68. The smallest absolute Gasteiger partial charge is 0.296 e. The van der Waals surface area contributed by atoms with Crippen LogP contribution < -0.4 is 0 Å². The number of hydrogen-bond acceptors (Lipinski definition) is 12. The number of methoxy groups -OCH3 is 1. The van der Waals surface area contributed by atoms with Crippen molar-refractivity contribution in [3.8, 4) is 0 Å². The molecule has 14 heteroatoms. The zero-order chi connectivity index (χ0) is 39.7. The van der Waals surface area contributed by atoms with Gasteiger partial charge >= 0.3 is 0 Å². The lowest BCUT2D eigenvalue weighted by Gasteiger charge is -2.47. The van der Waals surface area contributed by atoms with Crippen LogP contribution in [0.25, 0.3) is 0 Å². The third-order valence-electron chi connectivity index (χ3n) is 14.2. The molecule has 0 amide bonds. The Balaban J connectivity index is 0.942. The van der Waals surface area contributed by atoms with Crippen molar-refractivity contribution in [3.05, 3.63) is 24.3 Å². The minimum Gasteiger partial charge on any atom is -0.390 e. The number of ketones is 1. The molecule has 0 aliphatic carbocycles. The van der Waals surface area contributed by atoms with E-state index in [9.17, 15) is 23.8 Å². The molecule has 19 unspecified atom stereocenters. The SMILES string of the molecule is C=C1CC(CCC23CC4OC5C(OC6CCC(CC(=O)CC7C(CC8OC(CC)CC(C)C8=C)OC(CC(O)C(F)(F)CO)C7OC)OC6C5O2)C4O3)OC1C. The van der Waals surface area contributed by atoms with Gasteiger partial charge in [0.1, 0.15) is 49.0 Å². The summed E-state index contributed by atoms with van der Waals surface area (Å²) in [7, 11) is 1.46. The van der Waals surface area contributed by atoms with Crippen LogP contribution in [-0.4, -0.2) is 139 Å². The number of rotatable bonds is 15. The van der Waals surface area contributed by atoms with E-state index in [0.29, 0.717) is 32.1 Å². The molecule has 56 heavy (non-hydrogen) atoms. The van der Waals surface area contributed by atoms with Gasteiger partial charge in [-0.05, 0) is 62.5 Å². The molecular formula is C42H62F2O12. The minimum absolute atomic E-state index is 0.0413.